The Labute approximate surface area is 93.8 Å². The first-order valence-electron chi connectivity index (χ1n) is 6.36. The Kier molecular flexibility index (Phi) is 3.36. The predicted molar refractivity (Wildman–Crippen MR) is 62.9 cm³/mol. The van der Waals surface area contributed by atoms with E-state index in [-0.39, 0.29) is 0 Å². The molecule has 2 rings (SSSR count). The quantitative estimate of drug-likeness (QED) is 0.754. The minimum absolute atomic E-state index is 0.554. The highest BCUT2D eigenvalue weighted by Crippen LogP contribution is 2.39. The molecular weight excluding hydrogens is 186 g/mol. The van der Waals surface area contributed by atoms with Crippen LogP contribution in [0.25, 0.3) is 0 Å². The molecule has 0 saturated heterocycles. The largest absolute Gasteiger partial charge is 0.383 e. The fraction of sp³-hybridized carbons (Fsp3) is 1.00. The molecule has 15 heavy (non-hydrogen) atoms. The summed E-state index contributed by atoms with van der Waals surface area (Å²) >= 11 is 0. The van der Waals surface area contributed by atoms with Crippen molar-refractivity contribution < 1.29 is 4.74 Å². The van der Waals surface area contributed by atoms with Crippen molar-refractivity contribution in [3.63, 3.8) is 0 Å². The molecule has 0 amide bonds. The van der Waals surface area contributed by atoms with Crippen LogP contribution in [0.15, 0.2) is 0 Å². The molecule has 0 aliphatic heterocycles. The molecule has 0 aromatic rings. The number of methoxy groups -OCH3 is 1. The second-order valence-corrected chi connectivity index (χ2v) is 6.17. The Hall–Kier alpha value is -0.0800. The molecule has 0 spiro atoms. The second-order valence-electron chi connectivity index (χ2n) is 6.17. The molecule has 0 heterocycles. The third-order valence-electron chi connectivity index (χ3n) is 3.96. The highest BCUT2D eigenvalue weighted by molar-refractivity contribution is 4.93. The Morgan fingerprint density at radius 3 is 2.53 bits per heavy atom. The first-order valence-corrected chi connectivity index (χ1v) is 6.36. The molecular formula is C13H25NO. The van der Waals surface area contributed by atoms with E-state index in [2.05, 4.69) is 19.2 Å². The maximum atomic E-state index is 5.31. The molecule has 2 atom stereocenters. The molecule has 0 aromatic heterocycles. The first-order chi connectivity index (χ1) is 7.11. The van der Waals surface area contributed by atoms with E-state index in [9.17, 15) is 0 Å². The van der Waals surface area contributed by atoms with Crippen LogP contribution in [-0.4, -0.2) is 25.8 Å². The van der Waals surface area contributed by atoms with Crippen molar-refractivity contribution in [3.8, 4) is 0 Å². The molecule has 88 valence electrons. The summed E-state index contributed by atoms with van der Waals surface area (Å²) in [6.45, 7) is 5.66. The van der Waals surface area contributed by atoms with Crippen molar-refractivity contribution in [1.82, 2.24) is 5.32 Å². The van der Waals surface area contributed by atoms with Crippen molar-refractivity contribution in [2.45, 2.75) is 58.0 Å². The molecule has 2 fully saturated rings. The minimum atomic E-state index is 0.554. The normalized spacial score (nSPS) is 31.8. The van der Waals surface area contributed by atoms with Crippen LogP contribution in [0.5, 0.6) is 0 Å². The summed E-state index contributed by atoms with van der Waals surface area (Å²) in [5.41, 5.74) is 0.554. The Morgan fingerprint density at radius 1 is 1.33 bits per heavy atom. The van der Waals surface area contributed by atoms with Gasteiger partial charge in [0.2, 0.25) is 0 Å². The fourth-order valence-corrected chi connectivity index (χ4v) is 2.88. The Morgan fingerprint density at radius 2 is 2.07 bits per heavy atom. The lowest BCUT2D eigenvalue weighted by Crippen LogP contribution is -2.41. The predicted octanol–water partition coefficient (Wildman–Crippen LogP) is 2.58. The van der Waals surface area contributed by atoms with Crippen LogP contribution in [0.4, 0.5) is 0 Å². The molecule has 2 aliphatic rings. The lowest BCUT2D eigenvalue weighted by atomic mass is 9.91. The van der Waals surface area contributed by atoms with E-state index in [1.807, 2.05) is 7.11 Å². The van der Waals surface area contributed by atoms with Gasteiger partial charge in [-0.15, -0.1) is 0 Å². The molecule has 0 aromatic carbocycles. The van der Waals surface area contributed by atoms with Crippen LogP contribution in [0.3, 0.4) is 0 Å². The van der Waals surface area contributed by atoms with Gasteiger partial charge in [0.05, 0.1) is 6.61 Å². The van der Waals surface area contributed by atoms with Crippen LogP contribution in [0.1, 0.15) is 46.0 Å². The molecule has 2 nitrogen and oxygen atoms in total. The average molecular weight is 211 g/mol. The SMILES string of the molecule is COCC(NC1CCC(C)(C)C1)C1CC1. The maximum absolute atomic E-state index is 5.31. The summed E-state index contributed by atoms with van der Waals surface area (Å²) in [4.78, 5) is 0. The van der Waals surface area contributed by atoms with E-state index in [4.69, 9.17) is 4.74 Å². The number of nitrogens with one attached hydrogen (secondary N) is 1. The van der Waals surface area contributed by atoms with E-state index in [0.29, 0.717) is 11.5 Å². The Bertz CT molecular complexity index is 211. The average Bonchev–Trinajstić information content (AvgIpc) is 2.92. The zero-order valence-corrected chi connectivity index (χ0v) is 10.4. The van der Waals surface area contributed by atoms with Gasteiger partial charge in [-0.3, -0.25) is 0 Å². The van der Waals surface area contributed by atoms with Gasteiger partial charge >= 0.3 is 0 Å². The van der Waals surface area contributed by atoms with E-state index in [1.165, 1.54) is 32.1 Å². The van der Waals surface area contributed by atoms with E-state index >= 15 is 0 Å². The number of ether oxygens (including phenoxy) is 1. The van der Waals surface area contributed by atoms with Gasteiger partial charge in [-0.2, -0.15) is 0 Å². The summed E-state index contributed by atoms with van der Waals surface area (Å²) < 4.78 is 5.31. The smallest absolute Gasteiger partial charge is 0.0618 e. The molecule has 2 saturated carbocycles. The summed E-state index contributed by atoms with van der Waals surface area (Å²) in [6.07, 6.45) is 6.85. The van der Waals surface area contributed by atoms with E-state index in [0.717, 1.165) is 18.6 Å². The van der Waals surface area contributed by atoms with Crippen LogP contribution >= 0.6 is 0 Å². The van der Waals surface area contributed by atoms with Crippen molar-refractivity contribution in [2.24, 2.45) is 11.3 Å². The molecule has 1 N–H and O–H groups in total. The van der Waals surface area contributed by atoms with E-state index < -0.39 is 0 Å². The van der Waals surface area contributed by atoms with Crippen molar-refractivity contribution >= 4 is 0 Å². The third-order valence-corrected chi connectivity index (χ3v) is 3.96. The summed E-state index contributed by atoms with van der Waals surface area (Å²) in [7, 11) is 1.82. The van der Waals surface area contributed by atoms with Gasteiger partial charge in [0.15, 0.2) is 0 Å². The highest BCUT2D eigenvalue weighted by atomic mass is 16.5. The lowest BCUT2D eigenvalue weighted by molar-refractivity contribution is 0.150. The van der Waals surface area contributed by atoms with Crippen molar-refractivity contribution in [1.29, 1.82) is 0 Å². The third kappa shape index (κ3) is 3.18. The minimum Gasteiger partial charge on any atom is -0.383 e. The molecule has 2 unspecified atom stereocenters. The summed E-state index contributed by atoms with van der Waals surface area (Å²) in [5, 5.41) is 3.81. The topological polar surface area (TPSA) is 21.3 Å². The molecule has 0 radical (unpaired) electrons. The van der Waals surface area contributed by atoms with Crippen molar-refractivity contribution in [3.05, 3.63) is 0 Å². The van der Waals surface area contributed by atoms with Crippen LogP contribution < -0.4 is 5.32 Å². The lowest BCUT2D eigenvalue weighted by Gasteiger charge is -2.23. The second kappa shape index (κ2) is 4.42. The number of rotatable bonds is 5. The maximum Gasteiger partial charge on any atom is 0.0618 e. The van der Waals surface area contributed by atoms with Crippen LogP contribution in [0, 0.1) is 11.3 Å². The van der Waals surface area contributed by atoms with Crippen molar-refractivity contribution in [2.75, 3.05) is 13.7 Å². The molecule has 2 heteroatoms. The standard InChI is InChI=1S/C13H25NO/c1-13(2)7-6-11(8-13)14-12(9-15-3)10-4-5-10/h10-12,14H,4-9H2,1-3H3. The molecule has 2 aliphatic carbocycles. The van der Waals surface area contributed by atoms with Crippen LogP contribution in [0.2, 0.25) is 0 Å². The van der Waals surface area contributed by atoms with E-state index in [1.54, 1.807) is 0 Å². The zero-order valence-electron chi connectivity index (χ0n) is 10.4. The first kappa shape index (κ1) is 11.4. The highest BCUT2D eigenvalue weighted by Gasteiger charge is 2.36. The van der Waals surface area contributed by atoms with Gasteiger partial charge in [0.25, 0.3) is 0 Å². The summed E-state index contributed by atoms with van der Waals surface area (Å²) in [6, 6.07) is 1.36. The van der Waals surface area contributed by atoms with Gasteiger partial charge in [0, 0.05) is 19.2 Å². The Balaban J connectivity index is 1.79. The monoisotopic (exact) mass is 211 g/mol. The van der Waals surface area contributed by atoms with Gasteiger partial charge in [0.1, 0.15) is 0 Å². The fourth-order valence-electron chi connectivity index (χ4n) is 2.88. The van der Waals surface area contributed by atoms with Crippen LogP contribution in [-0.2, 0) is 4.74 Å². The number of hydrogen-bond donors (Lipinski definition) is 1. The van der Waals surface area contributed by atoms with Gasteiger partial charge in [-0.05, 0) is 43.4 Å². The van der Waals surface area contributed by atoms with Gasteiger partial charge < -0.3 is 10.1 Å². The number of hydrogen-bond acceptors (Lipinski definition) is 2. The molecule has 0 bridgehead atoms. The van der Waals surface area contributed by atoms with Gasteiger partial charge in [-0.1, -0.05) is 13.8 Å². The van der Waals surface area contributed by atoms with Gasteiger partial charge in [-0.25, -0.2) is 0 Å². The zero-order chi connectivity index (χ0) is 10.9. The summed E-state index contributed by atoms with van der Waals surface area (Å²) in [5.74, 6) is 0.897.